The van der Waals surface area contributed by atoms with Gasteiger partial charge in [-0.3, -0.25) is 0 Å². The highest BCUT2D eigenvalue weighted by Gasteiger charge is 2.19. The van der Waals surface area contributed by atoms with Crippen LogP contribution in [0.3, 0.4) is 0 Å². The van der Waals surface area contributed by atoms with E-state index >= 15 is 0 Å². The van der Waals surface area contributed by atoms with Crippen molar-refractivity contribution in [2.75, 3.05) is 5.32 Å². The van der Waals surface area contributed by atoms with Crippen LogP contribution in [-0.2, 0) is 0 Å². The molecule has 0 saturated heterocycles. The molecule has 0 radical (unpaired) electrons. The number of hydrogen-bond donors (Lipinski definition) is 1. The maximum Gasteiger partial charge on any atom is 0.128 e. The third-order valence-electron chi connectivity index (χ3n) is 3.19. The predicted octanol–water partition coefficient (Wildman–Crippen LogP) is 3.96. The van der Waals surface area contributed by atoms with Gasteiger partial charge in [-0.25, -0.2) is 8.78 Å². The Bertz CT molecular complexity index is 341. The Labute approximate surface area is 94.9 Å². The number of nitrogens with one attached hydrogen (secondary N) is 1. The Morgan fingerprint density at radius 1 is 1.25 bits per heavy atom. The molecule has 0 heterocycles. The van der Waals surface area contributed by atoms with Crippen LogP contribution in [0, 0.1) is 17.6 Å². The molecule has 16 heavy (non-hydrogen) atoms. The van der Waals surface area contributed by atoms with E-state index in [2.05, 4.69) is 12.2 Å². The van der Waals surface area contributed by atoms with E-state index in [1.807, 2.05) is 0 Å². The standard InChI is InChI=1S/C13H17F2N/c1-9(5-10-3-2-4-10)16-13-7-11(14)6-12(15)8-13/h6-10,16H,2-5H2,1H3. The first-order chi connectivity index (χ1) is 7.63. The molecule has 1 N–H and O–H groups in total. The van der Waals surface area contributed by atoms with Crippen LogP contribution in [0.15, 0.2) is 18.2 Å². The van der Waals surface area contributed by atoms with Gasteiger partial charge in [0.1, 0.15) is 11.6 Å². The molecule has 1 aliphatic rings. The van der Waals surface area contributed by atoms with Crippen molar-refractivity contribution >= 4 is 5.69 Å². The summed E-state index contributed by atoms with van der Waals surface area (Å²) in [4.78, 5) is 0. The third-order valence-corrected chi connectivity index (χ3v) is 3.19. The van der Waals surface area contributed by atoms with E-state index in [9.17, 15) is 8.78 Å². The molecule has 1 aromatic carbocycles. The molecule has 3 heteroatoms. The molecule has 1 unspecified atom stereocenters. The monoisotopic (exact) mass is 225 g/mol. The summed E-state index contributed by atoms with van der Waals surface area (Å²) in [5.41, 5.74) is 0.532. The summed E-state index contributed by atoms with van der Waals surface area (Å²) in [5, 5.41) is 3.14. The first-order valence-corrected chi connectivity index (χ1v) is 5.86. The fourth-order valence-electron chi connectivity index (χ4n) is 2.21. The summed E-state index contributed by atoms with van der Waals surface area (Å²) in [7, 11) is 0. The number of benzene rings is 1. The van der Waals surface area contributed by atoms with Crippen LogP contribution in [0.4, 0.5) is 14.5 Å². The van der Waals surface area contributed by atoms with Gasteiger partial charge < -0.3 is 5.32 Å². The van der Waals surface area contributed by atoms with Crippen molar-refractivity contribution in [3.8, 4) is 0 Å². The zero-order chi connectivity index (χ0) is 11.5. The van der Waals surface area contributed by atoms with Crippen LogP contribution in [0.5, 0.6) is 0 Å². The van der Waals surface area contributed by atoms with Crippen molar-refractivity contribution in [2.24, 2.45) is 5.92 Å². The summed E-state index contributed by atoms with van der Waals surface area (Å²) in [6.45, 7) is 2.06. The van der Waals surface area contributed by atoms with E-state index in [-0.39, 0.29) is 6.04 Å². The molecule has 0 bridgehead atoms. The minimum Gasteiger partial charge on any atom is -0.382 e. The lowest BCUT2D eigenvalue weighted by atomic mass is 9.81. The maximum atomic E-state index is 12.9. The minimum atomic E-state index is -0.529. The summed E-state index contributed by atoms with van der Waals surface area (Å²) in [6, 6.07) is 3.83. The zero-order valence-electron chi connectivity index (χ0n) is 9.47. The van der Waals surface area contributed by atoms with Crippen molar-refractivity contribution < 1.29 is 8.78 Å². The Hall–Kier alpha value is -1.12. The van der Waals surface area contributed by atoms with Crippen LogP contribution in [-0.4, -0.2) is 6.04 Å². The highest BCUT2D eigenvalue weighted by Crippen LogP contribution is 2.31. The summed E-state index contributed by atoms with van der Waals surface area (Å²) < 4.78 is 25.9. The van der Waals surface area contributed by atoms with Gasteiger partial charge in [0.15, 0.2) is 0 Å². The fourth-order valence-corrected chi connectivity index (χ4v) is 2.21. The van der Waals surface area contributed by atoms with Crippen molar-refractivity contribution in [3.05, 3.63) is 29.8 Å². The lowest BCUT2D eigenvalue weighted by Crippen LogP contribution is -2.23. The van der Waals surface area contributed by atoms with Gasteiger partial charge in [-0.2, -0.15) is 0 Å². The largest absolute Gasteiger partial charge is 0.382 e. The molecule has 1 fully saturated rings. The number of anilines is 1. The van der Waals surface area contributed by atoms with Gasteiger partial charge in [-0.05, 0) is 31.4 Å². The molecule has 1 aromatic rings. The summed E-state index contributed by atoms with van der Waals surface area (Å²) in [6.07, 6.45) is 5.00. The molecule has 1 nitrogen and oxygen atoms in total. The molecule has 0 spiro atoms. The Balaban J connectivity index is 1.91. The van der Waals surface area contributed by atoms with Gasteiger partial charge in [0.05, 0.1) is 0 Å². The zero-order valence-corrected chi connectivity index (χ0v) is 9.47. The fraction of sp³-hybridized carbons (Fsp3) is 0.538. The summed E-state index contributed by atoms with van der Waals surface area (Å²) in [5.74, 6) is -0.266. The topological polar surface area (TPSA) is 12.0 Å². The Morgan fingerprint density at radius 3 is 2.38 bits per heavy atom. The normalized spacial score (nSPS) is 17.9. The lowest BCUT2D eigenvalue weighted by molar-refractivity contribution is 0.286. The quantitative estimate of drug-likeness (QED) is 0.818. The molecular weight excluding hydrogens is 208 g/mol. The van der Waals surface area contributed by atoms with E-state index in [0.717, 1.165) is 18.4 Å². The van der Waals surface area contributed by atoms with Crippen molar-refractivity contribution in [2.45, 2.75) is 38.6 Å². The third kappa shape index (κ3) is 2.94. The molecule has 2 rings (SSSR count). The second-order valence-corrected chi connectivity index (χ2v) is 4.74. The van der Waals surface area contributed by atoms with E-state index in [1.54, 1.807) is 0 Å². The highest BCUT2D eigenvalue weighted by atomic mass is 19.1. The minimum absolute atomic E-state index is 0.270. The number of hydrogen-bond acceptors (Lipinski definition) is 1. The Kier molecular flexibility index (Phi) is 3.42. The molecule has 0 aromatic heterocycles. The molecule has 0 aliphatic heterocycles. The van der Waals surface area contributed by atoms with Gasteiger partial charge in [-0.15, -0.1) is 0 Å². The van der Waals surface area contributed by atoms with Crippen molar-refractivity contribution in [3.63, 3.8) is 0 Å². The van der Waals surface area contributed by atoms with Gasteiger partial charge in [0.25, 0.3) is 0 Å². The van der Waals surface area contributed by atoms with Gasteiger partial charge in [0, 0.05) is 17.8 Å². The first-order valence-electron chi connectivity index (χ1n) is 5.86. The van der Waals surface area contributed by atoms with E-state index in [1.165, 1.54) is 31.4 Å². The van der Waals surface area contributed by atoms with Crippen molar-refractivity contribution in [1.82, 2.24) is 0 Å². The highest BCUT2D eigenvalue weighted by molar-refractivity contribution is 5.44. The number of rotatable bonds is 4. The predicted molar refractivity (Wildman–Crippen MR) is 61.4 cm³/mol. The second-order valence-electron chi connectivity index (χ2n) is 4.74. The van der Waals surface area contributed by atoms with Crippen LogP contribution in [0.1, 0.15) is 32.6 Å². The van der Waals surface area contributed by atoms with Crippen LogP contribution in [0.25, 0.3) is 0 Å². The average Bonchev–Trinajstić information content (AvgIpc) is 2.09. The summed E-state index contributed by atoms with van der Waals surface area (Å²) >= 11 is 0. The van der Waals surface area contributed by atoms with E-state index < -0.39 is 11.6 Å². The smallest absolute Gasteiger partial charge is 0.128 e. The molecule has 0 amide bonds. The molecular formula is C13H17F2N. The Morgan fingerprint density at radius 2 is 1.88 bits per heavy atom. The van der Waals surface area contributed by atoms with Crippen LogP contribution in [0.2, 0.25) is 0 Å². The number of halogens is 2. The first kappa shape index (κ1) is 11.4. The molecule has 88 valence electrons. The van der Waals surface area contributed by atoms with Gasteiger partial charge in [-0.1, -0.05) is 19.3 Å². The maximum absolute atomic E-state index is 12.9. The molecule has 1 atom stereocenters. The van der Waals surface area contributed by atoms with Crippen molar-refractivity contribution in [1.29, 1.82) is 0 Å². The van der Waals surface area contributed by atoms with E-state index in [4.69, 9.17) is 0 Å². The average molecular weight is 225 g/mol. The lowest BCUT2D eigenvalue weighted by Gasteiger charge is -2.28. The SMILES string of the molecule is CC(CC1CCC1)Nc1cc(F)cc(F)c1. The van der Waals surface area contributed by atoms with Gasteiger partial charge in [0.2, 0.25) is 0 Å². The second kappa shape index (κ2) is 4.81. The van der Waals surface area contributed by atoms with Crippen LogP contribution >= 0.6 is 0 Å². The molecule has 1 aliphatic carbocycles. The van der Waals surface area contributed by atoms with Crippen LogP contribution < -0.4 is 5.32 Å². The van der Waals surface area contributed by atoms with E-state index in [0.29, 0.717) is 5.69 Å². The van der Waals surface area contributed by atoms with Gasteiger partial charge >= 0.3 is 0 Å². The molecule has 1 saturated carbocycles.